The molecule has 0 fully saturated rings. The highest BCUT2D eigenvalue weighted by atomic mass is 79.9. The molecule has 5 nitrogen and oxygen atoms in total. The van der Waals surface area contributed by atoms with Gasteiger partial charge >= 0.3 is 0 Å². The van der Waals surface area contributed by atoms with Gasteiger partial charge in [-0.2, -0.15) is 0 Å². The van der Waals surface area contributed by atoms with Gasteiger partial charge in [0.15, 0.2) is 0 Å². The maximum absolute atomic E-state index is 12.2. The fourth-order valence-corrected chi connectivity index (χ4v) is 3.32. The van der Waals surface area contributed by atoms with E-state index in [4.69, 9.17) is 0 Å². The summed E-state index contributed by atoms with van der Waals surface area (Å²) >= 11 is 3.47. The molecule has 0 aliphatic heterocycles. The van der Waals surface area contributed by atoms with Crippen LogP contribution in [0.4, 0.5) is 17.2 Å². The second-order valence-electron chi connectivity index (χ2n) is 6.51. The third-order valence-corrected chi connectivity index (χ3v) is 4.81. The monoisotopic (exact) mass is 456 g/mol. The van der Waals surface area contributed by atoms with Crippen molar-refractivity contribution in [2.75, 3.05) is 10.6 Å². The number of halogens is 1. The van der Waals surface area contributed by atoms with Gasteiger partial charge in [0.1, 0.15) is 12.1 Å². The number of amides is 1. The van der Waals surface area contributed by atoms with Crippen molar-refractivity contribution in [2.24, 2.45) is 0 Å². The summed E-state index contributed by atoms with van der Waals surface area (Å²) in [6, 6.07) is 23.1. The second kappa shape index (κ2) is 9.21. The average molecular weight is 457 g/mol. The fraction of sp³-hybridized carbons (Fsp3) is 0.0417. The van der Waals surface area contributed by atoms with Gasteiger partial charge in [0.25, 0.3) is 5.91 Å². The zero-order valence-corrected chi connectivity index (χ0v) is 17.5. The quantitative estimate of drug-likeness (QED) is 0.407. The molecule has 30 heavy (non-hydrogen) atoms. The summed E-state index contributed by atoms with van der Waals surface area (Å²) < 4.78 is 0.966. The van der Waals surface area contributed by atoms with Crippen molar-refractivity contribution in [1.29, 1.82) is 0 Å². The number of fused-ring (bicyclic) bond motifs is 1. The SMILES string of the molecule is O=C(C#CCc1ccccc1)Nc1ccc2ncnc(Nc3cccc(Br)c3)c2c1. The second-order valence-corrected chi connectivity index (χ2v) is 7.42. The minimum Gasteiger partial charge on any atom is -0.340 e. The normalized spacial score (nSPS) is 10.2. The van der Waals surface area contributed by atoms with E-state index < -0.39 is 0 Å². The Bertz CT molecular complexity index is 1260. The molecular weight excluding hydrogens is 440 g/mol. The highest BCUT2D eigenvalue weighted by molar-refractivity contribution is 9.10. The van der Waals surface area contributed by atoms with Crippen LogP contribution in [-0.4, -0.2) is 15.9 Å². The van der Waals surface area contributed by atoms with E-state index in [0.29, 0.717) is 17.9 Å². The van der Waals surface area contributed by atoms with Crippen molar-refractivity contribution in [2.45, 2.75) is 6.42 Å². The molecular formula is C24H17BrN4O. The minimum absolute atomic E-state index is 0.358. The van der Waals surface area contributed by atoms with Gasteiger partial charge in [-0.05, 0) is 47.9 Å². The largest absolute Gasteiger partial charge is 0.340 e. The first kappa shape index (κ1) is 19.6. The Morgan fingerprint density at radius 3 is 2.63 bits per heavy atom. The predicted octanol–water partition coefficient (Wildman–Crippen LogP) is 5.32. The van der Waals surface area contributed by atoms with Gasteiger partial charge in [-0.15, -0.1) is 0 Å². The van der Waals surface area contributed by atoms with Gasteiger partial charge < -0.3 is 10.6 Å². The Morgan fingerprint density at radius 2 is 1.80 bits per heavy atom. The molecule has 0 saturated heterocycles. The molecule has 1 heterocycles. The number of anilines is 3. The standard InChI is InChI=1S/C24H17BrN4O/c25-18-9-5-10-19(14-18)29-24-21-15-20(12-13-22(21)26-16-27-24)28-23(30)11-4-8-17-6-2-1-3-7-17/h1-3,5-7,9-10,12-16H,8H2,(H,28,30)(H,26,27,29). The number of benzene rings is 3. The van der Waals surface area contributed by atoms with Crippen LogP contribution < -0.4 is 10.6 Å². The molecule has 146 valence electrons. The van der Waals surface area contributed by atoms with Crippen LogP contribution in [0.2, 0.25) is 0 Å². The number of nitrogens with zero attached hydrogens (tertiary/aromatic N) is 2. The lowest BCUT2D eigenvalue weighted by Crippen LogP contribution is -2.08. The molecule has 4 aromatic rings. The van der Waals surface area contributed by atoms with Crippen LogP contribution in [0.15, 0.2) is 83.6 Å². The highest BCUT2D eigenvalue weighted by Crippen LogP contribution is 2.26. The van der Waals surface area contributed by atoms with E-state index in [0.717, 1.165) is 26.6 Å². The fourth-order valence-electron chi connectivity index (χ4n) is 2.92. The Kier molecular flexibility index (Phi) is 6.02. The van der Waals surface area contributed by atoms with Crippen molar-refractivity contribution < 1.29 is 4.79 Å². The molecule has 0 aliphatic rings. The molecule has 1 amide bonds. The van der Waals surface area contributed by atoms with Gasteiger partial charge in [-0.3, -0.25) is 4.79 Å². The van der Waals surface area contributed by atoms with E-state index in [1.165, 1.54) is 6.33 Å². The zero-order chi connectivity index (χ0) is 20.8. The van der Waals surface area contributed by atoms with Gasteiger partial charge in [0.2, 0.25) is 0 Å². The third kappa shape index (κ3) is 5.02. The summed E-state index contributed by atoms with van der Waals surface area (Å²) in [5.74, 6) is 5.84. The van der Waals surface area contributed by atoms with Crippen LogP contribution >= 0.6 is 15.9 Å². The first-order chi connectivity index (χ1) is 14.7. The molecule has 6 heteroatoms. The number of rotatable bonds is 4. The molecule has 0 atom stereocenters. The summed E-state index contributed by atoms with van der Waals surface area (Å²) in [7, 11) is 0. The van der Waals surface area contributed by atoms with Crippen LogP contribution in [0.1, 0.15) is 5.56 Å². The van der Waals surface area contributed by atoms with Crippen molar-refractivity contribution in [3.05, 3.63) is 89.2 Å². The molecule has 0 unspecified atom stereocenters. The minimum atomic E-state index is -0.358. The third-order valence-electron chi connectivity index (χ3n) is 4.32. The van der Waals surface area contributed by atoms with Crippen molar-refractivity contribution in [3.63, 3.8) is 0 Å². The smallest absolute Gasteiger partial charge is 0.300 e. The summed E-state index contributed by atoms with van der Waals surface area (Å²) in [5.41, 5.74) is 3.37. The number of carbonyl (C=O) groups excluding carboxylic acids is 1. The first-order valence-corrected chi connectivity index (χ1v) is 10.1. The van der Waals surface area contributed by atoms with Gasteiger partial charge in [0.05, 0.1) is 5.52 Å². The number of nitrogens with one attached hydrogen (secondary N) is 2. The lowest BCUT2D eigenvalue weighted by Gasteiger charge is -2.10. The molecule has 4 rings (SSSR count). The van der Waals surface area contributed by atoms with Crippen LogP contribution in [0, 0.1) is 11.8 Å². The van der Waals surface area contributed by atoms with Crippen LogP contribution in [0.25, 0.3) is 10.9 Å². The van der Waals surface area contributed by atoms with Gasteiger partial charge in [-0.1, -0.05) is 58.2 Å². The van der Waals surface area contributed by atoms with Crippen molar-refractivity contribution in [1.82, 2.24) is 9.97 Å². The highest BCUT2D eigenvalue weighted by Gasteiger charge is 2.07. The molecule has 0 saturated carbocycles. The van der Waals surface area contributed by atoms with Crippen LogP contribution in [-0.2, 0) is 11.2 Å². The summed E-state index contributed by atoms with van der Waals surface area (Å²) in [6.07, 6.45) is 2.04. The maximum Gasteiger partial charge on any atom is 0.300 e. The summed E-state index contributed by atoms with van der Waals surface area (Å²) in [5, 5.41) is 6.91. The molecule has 0 spiro atoms. The Hall–Kier alpha value is -3.69. The van der Waals surface area contributed by atoms with Crippen molar-refractivity contribution in [3.8, 4) is 11.8 Å². The predicted molar refractivity (Wildman–Crippen MR) is 124 cm³/mol. The molecule has 0 radical (unpaired) electrons. The number of hydrogen-bond acceptors (Lipinski definition) is 4. The van der Waals surface area contributed by atoms with E-state index in [-0.39, 0.29) is 5.91 Å². The molecule has 3 aromatic carbocycles. The molecule has 0 bridgehead atoms. The Balaban J connectivity index is 1.52. The number of carbonyl (C=O) groups is 1. The van der Waals surface area contributed by atoms with Gasteiger partial charge in [-0.25, -0.2) is 9.97 Å². The molecule has 0 aliphatic carbocycles. The first-order valence-electron chi connectivity index (χ1n) is 9.28. The lowest BCUT2D eigenvalue weighted by molar-refractivity contribution is -0.111. The summed E-state index contributed by atoms with van der Waals surface area (Å²) in [6.45, 7) is 0. The van der Waals surface area contributed by atoms with Crippen LogP contribution in [0.3, 0.4) is 0 Å². The maximum atomic E-state index is 12.2. The van der Waals surface area contributed by atoms with Crippen LogP contribution in [0.5, 0.6) is 0 Å². The topological polar surface area (TPSA) is 66.9 Å². The van der Waals surface area contributed by atoms with E-state index >= 15 is 0 Å². The lowest BCUT2D eigenvalue weighted by atomic mass is 10.1. The Morgan fingerprint density at radius 1 is 0.933 bits per heavy atom. The summed E-state index contributed by atoms with van der Waals surface area (Å²) in [4.78, 5) is 20.9. The van der Waals surface area contributed by atoms with Crippen molar-refractivity contribution >= 4 is 49.9 Å². The van der Waals surface area contributed by atoms with E-state index in [9.17, 15) is 4.79 Å². The number of aromatic nitrogens is 2. The van der Waals surface area contributed by atoms with E-state index in [2.05, 4.69) is 48.4 Å². The Labute approximate surface area is 182 Å². The van der Waals surface area contributed by atoms with E-state index in [1.807, 2.05) is 66.7 Å². The number of hydrogen-bond donors (Lipinski definition) is 2. The molecule has 2 N–H and O–H groups in total. The van der Waals surface area contributed by atoms with Gasteiger partial charge in [0, 0.05) is 27.7 Å². The zero-order valence-electron chi connectivity index (χ0n) is 15.9. The molecule has 1 aromatic heterocycles. The average Bonchev–Trinajstić information content (AvgIpc) is 2.75. The van der Waals surface area contributed by atoms with E-state index in [1.54, 1.807) is 6.07 Å².